The number of hydrogen-bond acceptors (Lipinski definition) is 5. The molecule has 0 saturated carbocycles. The summed E-state index contributed by atoms with van der Waals surface area (Å²) < 4.78 is 18.6. The molecule has 0 spiro atoms. The molecule has 0 fully saturated rings. The average molecular weight is 373 g/mol. The number of nitrogens with zero attached hydrogens (tertiary/aromatic N) is 1. The molecule has 1 aromatic heterocycles. The maximum absolute atomic E-state index is 12.2. The Hall–Kier alpha value is -2.80. The summed E-state index contributed by atoms with van der Waals surface area (Å²) >= 11 is 0. The number of benzene rings is 1. The highest BCUT2D eigenvalue weighted by atomic mass is 16.5. The largest absolute Gasteiger partial charge is 0.493 e. The van der Waals surface area contributed by atoms with Crippen LogP contribution in [0.5, 0.6) is 11.5 Å². The number of rotatable bonds is 7. The van der Waals surface area contributed by atoms with E-state index in [9.17, 15) is 14.7 Å². The van der Waals surface area contributed by atoms with Crippen molar-refractivity contribution in [2.24, 2.45) is 5.92 Å². The predicted molar refractivity (Wildman–Crippen MR) is 99.6 cm³/mol. The molecule has 1 atom stereocenters. The molecule has 7 heteroatoms. The number of pyridine rings is 1. The number of aromatic carboxylic acids is 1. The Morgan fingerprint density at radius 3 is 2.74 bits per heavy atom. The Morgan fingerprint density at radius 2 is 2.07 bits per heavy atom. The molecule has 1 aliphatic rings. The molecular formula is C20H23NO6. The van der Waals surface area contributed by atoms with Gasteiger partial charge in [-0.25, -0.2) is 4.79 Å². The summed E-state index contributed by atoms with van der Waals surface area (Å²) in [5, 5.41) is 9.26. The van der Waals surface area contributed by atoms with Gasteiger partial charge in [-0.3, -0.25) is 4.79 Å². The minimum Gasteiger partial charge on any atom is -0.493 e. The topological polar surface area (TPSA) is 87.0 Å². The summed E-state index contributed by atoms with van der Waals surface area (Å²) in [4.78, 5) is 23.6. The van der Waals surface area contributed by atoms with Crippen LogP contribution in [0.15, 0.2) is 35.3 Å². The highest BCUT2D eigenvalue weighted by molar-refractivity contribution is 5.87. The minimum atomic E-state index is -1.25. The molecule has 27 heavy (non-hydrogen) atoms. The van der Waals surface area contributed by atoms with Gasteiger partial charge < -0.3 is 23.9 Å². The highest BCUT2D eigenvalue weighted by Gasteiger charge is 2.29. The fourth-order valence-electron chi connectivity index (χ4n) is 3.08. The Kier molecular flexibility index (Phi) is 5.51. The zero-order chi connectivity index (χ0) is 19.6. The number of methoxy groups -OCH3 is 1. The molecule has 0 aliphatic carbocycles. The van der Waals surface area contributed by atoms with Crippen molar-refractivity contribution in [3.8, 4) is 22.8 Å². The summed E-state index contributed by atoms with van der Waals surface area (Å²) in [5.41, 5.74) is 0.569. The molecule has 2 aromatic rings. The number of carbonyl (C=O) groups is 1. The van der Waals surface area contributed by atoms with Gasteiger partial charge in [0.25, 0.3) is 0 Å². The van der Waals surface area contributed by atoms with Crippen LogP contribution in [0.4, 0.5) is 0 Å². The molecule has 1 aromatic carbocycles. The molecule has 1 N–H and O–H groups in total. The van der Waals surface area contributed by atoms with Gasteiger partial charge in [0, 0.05) is 49.9 Å². The second-order valence-electron chi connectivity index (χ2n) is 6.75. The fourth-order valence-corrected chi connectivity index (χ4v) is 3.08. The van der Waals surface area contributed by atoms with Crippen LogP contribution in [-0.2, 0) is 4.74 Å². The summed E-state index contributed by atoms with van der Waals surface area (Å²) in [5.74, 6) is 0.0986. The van der Waals surface area contributed by atoms with Crippen LogP contribution >= 0.6 is 0 Å². The van der Waals surface area contributed by atoms with Crippen LogP contribution in [0.3, 0.4) is 0 Å². The van der Waals surface area contributed by atoms with E-state index >= 15 is 0 Å². The van der Waals surface area contributed by atoms with Crippen LogP contribution in [-0.4, -0.2) is 36.0 Å². The van der Waals surface area contributed by atoms with E-state index in [1.54, 1.807) is 17.7 Å². The third kappa shape index (κ3) is 3.83. The van der Waals surface area contributed by atoms with Crippen molar-refractivity contribution in [3.63, 3.8) is 0 Å². The lowest BCUT2D eigenvalue weighted by Gasteiger charge is -2.33. The smallest absolute Gasteiger partial charge is 0.341 e. The van der Waals surface area contributed by atoms with Crippen LogP contribution in [0.2, 0.25) is 0 Å². The van der Waals surface area contributed by atoms with E-state index in [1.807, 2.05) is 26.0 Å². The van der Waals surface area contributed by atoms with Gasteiger partial charge in [-0.2, -0.15) is 0 Å². The number of carboxylic acids is 1. The number of aromatic nitrogens is 1. The highest BCUT2D eigenvalue weighted by Crippen LogP contribution is 2.41. The van der Waals surface area contributed by atoms with Gasteiger partial charge in [-0.15, -0.1) is 0 Å². The average Bonchev–Trinajstić information content (AvgIpc) is 2.63. The van der Waals surface area contributed by atoms with Crippen molar-refractivity contribution >= 4 is 5.97 Å². The van der Waals surface area contributed by atoms with Gasteiger partial charge in [-0.05, 0) is 12.1 Å². The molecule has 3 rings (SSSR count). The lowest BCUT2D eigenvalue weighted by molar-refractivity contribution is 0.0677. The van der Waals surface area contributed by atoms with Crippen molar-refractivity contribution in [3.05, 3.63) is 46.2 Å². The molecule has 0 saturated heterocycles. The quantitative estimate of drug-likeness (QED) is 0.750. The zero-order valence-electron chi connectivity index (χ0n) is 15.6. The second kappa shape index (κ2) is 7.84. The zero-order valence-corrected chi connectivity index (χ0v) is 15.6. The first-order valence-electron chi connectivity index (χ1n) is 8.84. The maximum atomic E-state index is 12.2. The van der Waals surface area contributed by atoms with E-state index in [-0.39, 0.29) is 11.5 Å². The molecule has 0 bridgehead atoms. The molecule has 1 aliphatic heterocycles. The van der Waals surface area contributed by atoms with Crippen molar-refractivity contribution in [2.75, 3.05) is 20.3 Å². The number of hydrogen-bond donors (Lipinski definition) is 1. The van der Waals surface area contributed by atoms with Crippen molar-refractivity contribution in [2.45, 2.75) is 26.5 Å². The third-order valence-corrected chi connectivity index (χ3v) is 4.39. The standard InChI is InChI=1S/C20H23NO6/c1-12(2)19-21-11-15(20(23)24)17(22)10-16(21)14-6-5-13(9-18(14)27-19)26-8-4-7-25-3/h5-6,9-12,19H,4,7-8H2,1-3H3,(H,23,24). The molecule has 7 nitrogen and oxygen atoms in total. The van der Waals surface area contributed by atoms with Gasteiger partial charge in [0.05, 0.1) is 12.3 Å². The molecular weight excluding hydrogens is 350 g/mol. The minimum absolute atomic E-state index is 0.0623. The van der Waals surface area contributed by atoms with Crippen LogP contribution in [0.25, 0.3) is 11.3 Å². The van der Waals surface area contributed by atoms with Crippen LogP contribution < -0.4 is 14.9 Å². The number of carboxylic acid groups (broad SMARTS) is 1. The lowest BCUT2D eigenvalue weighted by Crippen LogP contribution is -2.29. The second-order valence-corrected chi connectivity index (χ2v) is 6.75. The molecule has 0 radical (unpaired) electrons. The van der Waals surface area contributed by atoms with E-state index in [2.05, 4.69) is 0 Å². The summed E-state index contributed by atoms with van der Waals surface area (Å²) in [6.45, 7) is 5.10. The summed E-state index contributed by atoms with van der Waals surface area (Å²) in [7, 11) is 1.65. The van der Waals surface area contributed by atoms with Crippen molar-refractivity contribution in [1.82, 2.24) is 4.57 Å². The first kappa shape index (κ1) is 19.0. The van der Waals surface area contributed by atoms with Crippen LogP contribution in [0.1, 0.15) is 36.9 Å². The summed E-state index contributed by atoms with van der Waals surface area (Å²) in [6, 6.07) is 6.80. The van der Waals surface area contributed by atoms with E-state index in [0.717, 1.165) is 12.0 Å². The number of ether oxygens (including phenoxy) is 3. The normalized spacial score (nSPS) is 15.0. The SMILES string of the molecule is COCCCOc1ccc2c(c1)OC(C(C)C)n1cc(C(=O)O)c(=O)cc1-2. The first-order valence-corrected chi connectivity index (χ1v) is 8.84. The first-order chi connectivity index (χ1) is 12.9. The van der Waals surface area contributed by atoms with Gasteiger partial charge in [0.1, 0.15) is 17.1 Å². The van der Waals surface area contributed by atoms with Gasteiger partial charge in [0.2, 0.25) is 0 Å². The number of fused-ring (bicyclic) bond motifs is 3. The Morgan fingerprint density at radius 1 is 1.30 bits per heavy atom. The Balaban J connectivity index is 2.01. The predicted octanol–water partition coefficient (Wildman–Crippen LogP) is 3.18. The third-order valence-electron chi connectivity index (χ3n) is 4.39. The van der Waals surface area contributed by atoms with Gasteiger partial charge in [-0.1, -0.05) is 13.8 Å². The van der Waals surface area contributed by atoms with E-state index in [0.29, 0.717) is 30.4 Å². The van der Waals surface area contributed by atoms with Gasteiger partial charge >= 0.3 is 5.97 Å². The summed E-state index contributed by atoms with van der Waals surface area (Å²) in [6.07, 6.45) is 1.72. The Bertz CT molecular complexity index is 902. The fraction of sp³-hybridized carbons (Fsp3) is 0.400. The lowest BCUT2D eigenvalue weighted by atomic mass is 10.0. The molecule has 1 unspecified atom stereocenters. The van der Waals surface area contributed by atoms with Crippen molar-refractivity contribution in [1.29, 1.82) is 0 Å². The van der Waals surface area contributed by atoms with Crippen LogP contribution in [0, 0.1) is 5.92 Å². The van der Waals surface area contributed by atoms with E-state index in [1.165, 1.54) is 12.3 Å². The maximum Gasteiger partial charge on any atom is 0.341 e. The van der Waals surface area contributed by atoms with Crippen molar-refractivity contribution < 1.29 is 24.1 Å². The monoisotopic (exact) mass is 373 g/mol. The molecule has 144 valence electrons. The molecule has 0 amide bonds. The Labute approximate surface area is 157 Å². The van der Waals surface area contributed by atoms with Gasteiger partial charge in [0.15, 0.2) is 11.7 Å². The van der Waals surface area contributed by atoms with E-state index < -0.39 is 17.6 Å². The van der Waals surface area contributed by atoms with E-state index in [4.69, 9.17) is 14.2 Å². The molecule has 2 heterocycles.